The average molecular weight is 228 g/mol. The van der Waals surface area contributed by atoms with E-state index >= 15 is 0 Å². The lowest BCUT2D eigenvalue weighted by Crippen LogP contribution is -1.95. The number of carbonyl (C=O) groups is 1. The zero-order chi connectivity index (χ0) is 12.4. The van der Waals surface area contributed by atoms with Gasteiger partial charge in [0.2, 0.25) is 0 Å². The van der Waals surface area contributed by atoms with Gasteiger partial charge in [-0.05, 0) is 36.2 Å². The number of hydrogen-bond donors (Lipinski definition) is 2. The molecular formula is C14H12O3. The van der Waals surface area contributed by atoms with Crippen molar-refractivity contribution in [3.8, 4) is 16.9 Å². The van der Waals surface area contributed by atoms with Crippen molar-refractivity contribution in [1.82, 2.24) is 0 Å². The third-order valence-electron chi connectivity index (χ3n) is 2.68. The van der Waals surface area contributed by atoms with Gasteiger partial charge in [0.15, 0.2) is 0 Å². The zero-order valence-electron chi connectivity index (χ0n) is 9.34. The molecule has 0 atom stereocenters. The Labute approximate surface area is 99.0 Å². The largest absolute Gasteiger partial charge is 0.507 e. The number of carboxylic acid groups (broad SMARTS) is 1. The second kappa shape index (κ2) is 4.29. The molecule has 0 aromatic heterocycles. The second-order valence-corrected chi connectivity index (χ2v) is 3.85. The van der Waals surface area contributed by atoms with Crippen molar-refractivity contribution in [2.75, 3.05) is 0 Å². The molecule has 0 heterocycles. The van der Waals surface area contributed by atoms with Gasteiger partial charge in [-0.3, -0.25) is 0 Å². The van der Waals surface area contributed by atoms with Crippen LogP contribution in [0.2, 0.25) is 0 Å². The molecule has 0 aliphatic heterocycles. The van der Waals surface area contributed by atoms with Crippen LogP contribution in [0.25, 0.3) is 11.1 Å². The number of phenolic OH excluding ortho intramolecular Hbond substituents is 1. The lowest BCUT2D eigenvalue weighted by atomic mass is 9.98. The van der Waals surface area contributed by atoms with E-state index in [1.165, 1.54) is 12.1 Å². The Morgan fingerprint density at radius 3 is 2.35 bits per heavy atom. The quantitative estimate of drug-likeness (QED) is 0.830. The fraction of sp³-hybridized carbons (Fsp3) is 0.0714. The molecule has 2 aromatic rings. The van der Waals surface area contributed by atoms with Crippen molar-refractivity contribution in [2.45, 2.75) is 6.92 Å². The van der Waals surface area contributed by atoms with Crippen LogP contribution in [0.3, 0.4) is 0 Å². The molecule has 0 bridgehead atoms. The van der Waals surface area contributed by atoms with Crippen LogP contribution in [0.15, 0.2) is 42.5 Å². The van der Waals surface area contributed by atoms with Crippen LogP contribution >= 0.6 is 0 Å². The standard InChI is InChI=1S/C14H12O3/c1-9-4-2-3-5-11(9)12-7-6-10(14(16)17)8-13(12)15/h2-8,15H,1H3,(H,16,17). The van der Waals surface area contributed by atoms with Crippen LogP contribution in [0, 0.1) is 6.92 Å². The van der Waals surface area contributed by atoms with Gasteiger partial charge in [0, 0.05) is 5.56 Å². The van der Waals surface area contributed by atoms with Gasteiger partial charge < -0.3 is 10.2 Å². The van der Waals surface area contributed by atoms with Crippen molar-refractivity contribution >= 4 is 5.97 Å². The monoisotopic (exact) mass is 228 g/mol. The summed E-state index contributed by atoms with van der Waals surface area (Å²) >= 11 is 0. The topological polar surface area (TPSA) is 57.5 Å². The summed E-state index contributed by atoms with van der Waals surface area (Å²) in [6.45, 7) is 1.94. The molecule has 3 nitrogen and oxygen atoms in total. The zero-order valence-corrected chi connectivity index (χ0v) is 9.34. The molecule has 2 rings (SSSR count). The molecule has 2 N–H and O–H groups in total. The van der Waals surface area contributed by atoms with Gasteiger partial charge in [0.05, 0.1) is 5.56 Å². The van der Waals surface area contributed by atoms with Crippen LogP contribution in [0.1, 0.15) is 15.9 Å². The van der Waals surface area contributed by atoms with Crippen LogP contribution in [-0.4, -0.2) is 16.2 Å². The maximum absolute atomic E-state index is 10.8. The van der Waals surface area contributed by atoms with Gasteiger partial charge in [-0.15, -0.1) is 0 Å². The highest BCUT2D eigenvalue weighted by Gasteiger charge is 2.10. The fourth-order valence-electron chi connectivity index (χ4n) is 1.77. The summed E-state index contributed by atoms with van der Waals surface area (Å²) in [5.74, 6) is -1.06. The molecule has 3 heteroatoms. The number of rotatable bonds is 2. The van der Waals surface area contributed by atoms with Gasteiger partial charge in [-0.2, -0.15) is 0 Å². The molecule has 0 spiro atoms. The van der Waals surface area contributed by atoms with Gasteiger partial charge in [-0.1, -0.05) is 24.3 Å². The molecule has 17 heavy (non-hydrogen) atoms. The van der Waals surface area contributed by atoms with Gasteiger partial charge in [0.1, 0.15) is 5.75 Å². The normalized spacial score (nSPS) is 10.2. The number of phenols is 1. The summed E-state index contributed by atoms with van der Waals surface area (Å²) in [5, 5.41) is 18.7. The van der Waals surface area contributed by atoms with E-state index in [0.29, 0.717) is 5.56 Å². The van der Waals surface area contributed by atoms with E-state index in [-0.39, 0.29) is 11.3 Å². The van der Waals surface area contributed by atoms with Gasteiger partial charge >= 0.3 is 5.97 Å². The van der Waals surface area contributed by atoms with E-state index in [1.54, 1.807) is 6.07 Å². The number of carboxylic acids is 1. The molecule has 0 saturated carbocycles. The second-order valence-electron chi connectivity index (χ2n) is 3.85. The molecule has 0 saturated heterocycles. The Morgan fingerprint density at radius 1 is 1.06 bits per heavy atom. The molecule has 0 aliphatic carbocycles. The highest BCUT2D eigenvalue weighted by atomic mass is 16.4. The molecule has 2 aromatic carbocycles. The van der Waals surface area contributed by atoms with Crippen LogP contribution < -0.4 is 0 Å². The molecular weight excluding hydrogens is 216 g/mol. The predicted octanol–water partition coefficient (Wildman–Crippen LogP) is 3.07. The summed E-state index contributed by atoms with van der Waals surface area (Å²) in [6.07, 6.45) is 0. The van der Waals surface area contributed by atoms with Crippen LogP contribution in [0.4, 0.5) is 0 Å². The lowest BCUT2D eigenvalue weighted by molar-refractivity contribution is 0.0696. The molecule has 0 radical (unpaired) electrons. The van der Waals surface area contributed by atoms with E-state index in [9.17, 15) is 9.90 Å². The van der Waals surface area contributed by atoms with E-state index in [0.717, 1.165) is 11.1 Å². The number of hydrogen-bond acceptors (Lipinski definition) is 2. The summed E-state index contributed by atoms with van der Waals surface area (Å²) in [4.78, 5) is 10.8. The molecule has 0 amide bonds. The van der Waals surface area contributed by atoms with E-state index in [2.05, 4.69) is 0 Å². The fourth-order valence-corrected chi connectivity index (χ4v) is 1.77. The van der Waals surface area contributed by atoms with Crippen molar-refractivity contribution in [3.05, 3.63) is 53.6 Å². The van der Waals surface area contributed by atoms with Crippen molar-refractivity contribution in [1.29, 1.82) is 0 Å². The predicted molar refractivity (Wildman–Crippen MR) is 65.2 cm³/mol. The van der Waals surface area contributed by atoms with Gasteiger partial charge in [-0.25, -0.2) is 4.79 Å². The van der Waals surface area contributed by atoms with Crippen LogP contribution in [-0.2, 0) is 0 Å². The Balaban J connectivity index is 2.55. The SMILES string of the molecule is Cc1ccccc1-c1ccc(C(=O)O)cc1O. The van der Waals surface area contributed by atoms with E-state index in [4.69, 9.17) is 5.11 Å². The molecule has 0 unspecified atom stereocenters. The van der Waals surface area contributed by atoms with Crippen molar-refractivity contribution < 1.29 is 15.0 Å². The maximum Gasteiger partial charge on any atom is 0.335 e. The minimum Gasteiger partial charge on any atom is -0.507 e. The Morgan fingerprint density at radius 2 is 1.76 bits per heavy atom. The first-order valence-corrected chi connectivity index (χ1v) is 5.22. The van der Waals surface area contributed by atoms with Crippen molar-refractivity contribution in [2.24, 2.45) is 0 Å². The maximum atomic E-state index is 10.8. The summed E-state index contributed by atoms with van der Waals surface area (Å²) in [7, 11) is 0. The Kier molecular flexibility index (Phi) is 2.83. The number of aromatic hydroxyl groups is 1. The first-order chi connectivity index (χ1) is 8.09. The van der Waals surface area contributed by atoms with Crippen molar-refractivity contribution in [3.63, 3.8) is 0 Å². The van der Waals surface area contributed by atoms with E-state index < -0.39 is 5.97 Å². The molecule has 86 valence electrons. The smallest absolute Gasteiger partial charge is 0.335 e. The summed E-state index contributed by atoms with van der Waals surface area (Å²) in [6, 6.07) is 12.0. The third-order valence-corrected chi connectivity index (χ3v) is 2.68. The molecule has 0 aliphatic rings. The van der Waals surface area contributed by atoms with Gasteiger partial charge in [0.25, 0.3) is 0 Å². The first-order valence-electron chi connectivity index (χ1n) is 5.22. The summed E-state index contributed by atoms with van der Waals surface area (Å²) < 4.78 is 0. The minimum absolute atomic E-state index is 0.0146. The third kappa shape index (κ3) is 2.13. The minimum atomic E-state index is -1.04. The number of aromatic carboxylic acids is 1. The Hall–Kier alpha value is -2.29. The lowest BCUT2D eigenvalue weighted by Gasteiger charge is -2.08. The van der Waals surface area contributed by atoms with E-state index in [1.807, 2.05) is 31.2 Å². The highest BCUT2D eigenvalue weighted by molar-refractivity contribution is 5.89. The number of aryl methyl sites for hydroxylation is 1. The Bertz CT molecular complexity index is 573. The average Bonchev–Trinajstić information content (AvgIpc) is 2.30. The number of benzene rings is 2. The summed E-state index contributed by atoms with van der Waals surface area (Å²) in [5.41, 5.74) is 2.67. The molecule has 0 fully saturated rings. The van der Waals surface area contributed by atoms with Crippen LogP contribution in [0.5, 0.6) is 5.75 Å². The first kappa shape index (κ1) is 11.2. The highest BCUT2D eigenvalue weighted by Crippen LogP contribution is 2.31.